The van der Waals surface area contributed by atoms with Gasteiger partial charge in [-0.3, -0.25) is 14.6 Å². The first kappa shape index (κ1) is 16.6. The average Bonchev–Trinajstić information content (AvgIpc) is 2.60. The number of fused-ring (bicyclic) bond motifs is 1. The number of halogens is 1. The average molecular weight is 337 g/mol. The lowest BCUT2D eigenvalue weighted by Crippen LogP contribution is -2.45. The molecule has 0 bridgehead atoms. The largest absolute Gasteiger partial charge is 0.368 e. The maximum atomic E-state index is 13.3. The molecule has 0 radical (unpaired) electrons. The molecule has 0 aliphatic carbocycles. The molecule has 126 valence electrons. The molecule has 5 nitrogen and oxygen atoms in total. The second-order valence-corrected chi connectivity index (χ2v) is 5.64. The molecule has 0 saturated heterocycles. The van der Waals surface area contributed by atoms with Gasteiger partial charge in [-0.05, 0) is 29.8 Å². The van der Waals surface area contributed by atoms with E-state index in [1.807, 2.05) is 12.1 Å². The molecule has 1 aromatic heterocycles. The SMILES string of the molecule is NC(=O)[C@@H](Cc1cccc(F)c1)NC(=O)c1cccc2cccnc12. The van der Waals surface area contributed by atoms with Crippen molar-refractivity contribution in [3.05, 3.63) is 77.7 Å². The van der Waals surface area contributed by atoms with E-state index in [9.17, 15) is 14.0 Å². The van der Waals surface area contributed by atoms with E-state index in [2.05, 4.69) is 10.3 Å². The number of primary amides is 1. The van der Waals surface area contributed by atoms with Gasteiger partial charge in [-0.25, -0.2) is 4.39 Å². The zero-order valence-electron chi connectivity index (χ0n) is 13.3. The van der Waals surface area contributed by atoms with Crippen LogP contribution in [0.5, 0.6) is 0 Å². The van der Waals surface area contributed by atoms with Crippen molar-refractivity contribution >= 4 is 22.7 Å². The number of carbonyl (C=O) groups excluding carboxylic acids is 2. The zero-order valence-corrected chi connectivity index (χ0v) is 13.3. The van der Waals surface area contributed by atoms with Crippen LogP contribution in [-0.4, -0.2) is 22.8 Å². The zero-order chi connectivity index (χ0) is 17.8. The van der Waals surface area contributed by atoms with Gasteiger partial charge in [-0.15, -0.1) is 0 Å². The van der Waals surface area contributed by atoms with Crippen molar-refractivity contribution in [2.45, 2.75) is 12.5 Å². The van der Waals surface area contributed by atoms with Crippen LogP contribution < -0.4 is 11.1 Å². The lowest BCUT2D eigenvalue weighted by atomic mass is 10.0. The fraction of sp³-hybridized carbons (Fsp3) is 0.105. The number of pyridine rings is 1. The molecule has 0 unspecified atom stereocenters. The Morgan fingerprint density at radius 3 is 2.64 bits per heavy atom. The number of nitrogens with two attached hydrogens (primary N) is 1. The van der Waals surface area contributed by atoms with Gasteiger partial charge in [0.05, 0.1) is 11.1 Å². The number of carbonyl (C=O) groups is 2. The maximum Gasteiger partial charge on any atom is 0.254 e. The molecule has 3 rings (SSSR count). The lowest BCUT2D eigenvalue weighted by Gasteiger charge is -2.16. The summed E-state index contributed by atoms with van der Waals surface area (Å²) in [6, 6.07) is 13.7. The fourth-order valence-corrected chi connectivity index (χ4v) is 2.65. The fourth-order valence-electron chi connectivity index (χ4n) is 2.65. The Hall–Kier alpha value is -3.28. The van der Waals surface area contributed by atoms with Gasteiger partial charge in [0.15, 0.2) is 0 Å². The summed E-state index contributed by atoms with van der Waals surface area (Å²) in [6.07, 6.45) is 1.70. The normalized spacial score (nSPS) is 11.9. The summed E-state index contributed by atoms with van der Waals surface area (Å²) in [5.41, 5.74) is 6.86. The predicted octanol–water partition coefficient (Wildman–Crippen LogP) is 2.20. The van der Waals surface area contributed by atoms with Gasteiger partial charge in [0, 0.05) is 18.0 Å². The van der Waals surface area contributed by atoms with Crippen molar-refractivity contribution < 1.29 is 14.0 Å². The Morgan fingerprint density at radius 2 is 1.88 bits per heavy atom. The highest BCUT2D eigenvalue weighted by molar-refractivity contribution is 6.06. The van der Waals surface area contributed by atoms with Gasteiger partial charge in [0.2, 0.25) is 5.91 Å². The number of para-hydroxylation sites is 1. The van der Waals surface area contributed by atoms with Gasteiger partial charge < -0.3 is 11.1 Å². The van der Waals surface area contributed by atoms with Crippen LogP contribution in [0.1, 0.15) is 15.9 Å². The van der Waals surface area contributed by atoms with Crippen LogP contribution in [0, 0.1) is 5.82 Å². The van der Waals surface area contributed by atoms with Crippen molar-refractivity contribution in [1.29, 1.82) is 0 Å². The van der Waals surface area contributed by atoms with Crippen LogP contribution in [0.4, 0.5) is 4.39 Å². The van der Waals surface area contributed by atoms with Gasteiger partial charge in [0.25, 0.3) is 5.91 Å². The van der Waals surface area contributed by atoms with E-state index < -0.39 is 23.7 Å². The van der Waals surface area contributed by atoms with Gasteiger partial charge in [-0.2, -0.15) is 0 Å². The van der Waals surface area contributed by atoms with Crippen LogP contribution in [-0.2, 0) is 11.2 Å². The second kappa shape index (κ2) is 7.09. The smallest absolute Gasteiger partial charge is 0.254 e. The summed E-state index contributed by atoms with van der Waals surface area (Å²) in [5.74, 6) is -1.55. The Bertz CT molecular complexity index is 937. The molecular weight excluding hydrogens is 321 g/mol. The number of nitrogens with one attached hydrogen (secondary N) is 1. The van der Waals surface area contributed by atoms with Crippen molar-refractivity contribution in [2.24, 2.45) is 5.73 Å². The van der Waals surface area contributed by atoms with E-state index in [1.54, 1.807) is 36.5 Å². The van der Waals surface area contributed by atoms with E-state index in [0.29, 0.717) is 16.6 Å². The van der Waals surface area contributed by atoms with Crippen molar-refractivity contribution in [3.8, 4) is 0 Å². The first-order valence-corrected chi connectivity index (χ1v) is 7.73. The standard InChI is InChI=1S/C19H16FN3O2/c20-14-7-1-4-12(10-14)11-16(18(21)24)23-19(25)15-8-2-5-13-6-3-9-22-17(13)15/h1-10,16H,11H2,(H2,21,24)(H,23,25)/t16-/m1/s1. The molecule has 0 aliphatic heterocycles. The van der Waals surface area contributed by atoms with Crippen LogP contribution in [0.15, 0.2) is 60.8 Å². The molecule has 3 aromatic rings. The van der Waals surface area contributed by atoms with Crippen molar-refractivity contribution in [3.63, 3.8) is 0 Å². The third kappa shape index (κ3) is 3.80. The summed E-state index contributed by atoms with van der Waals surface area (Å²) >= 11 is 0. The third-order valence-corrected chi connectivity index (χ3v) is 3.85. The Labute approximate surface area is 143 Å². The molecule has 0 saturated carbocycles. The minimum absolute atomic E-state index is 0.108. The second-order valence-electron chi connectivity index (χ2n) is 5.64. The van der Waals surface area contributed by atoms with Crippen LogP contribution in [0.2, 0.25) is 0 Å². The Balaban J connectivity index is 1.84. The van der Waals surface area contributed by atoms with E-state index in [1.165, 1.54) is 12.1 Å². The predicted molar refractivity (Wildman–Crippen MR) is 92.3 cm³/mol. The molecule has 1 heterocycles. The van der Waals surface area contributed by atoms with Crippen molar-refractivity contribution in [1.82, 2.24) is 10.3 Å². The Kier molecular flexibility index (Phi) is 4.70. The number of benzene rings is 2. The molecule has 0 aliphatic rings. The summed E-state index contributed by atoms with van der Waals surface area (Å²) in [7, 11) is 0. The minimum Gasteiger partial charge on any atom is -0.368 e. The quantitative estimate of drug-likeness (QED) is 0.748. The number of amides is 2. The molecule has 0 spiro atoms. The summed E-state index contributed by atoms with van der Waals surface area (Å²) in [4.78, 5) is 28.5. The van der Waals surface area contributed by atoms with Gasteiger partial charge in [-0.1, -0.05) is 30.3 Å². The van der Waals surface area contributed by atoms with E-state index in [0.717, 1.165) is 5.39 Å². The monoisotopic (exact) mass is 337 g/mol. The highest BCUT2D eigenvalue weighted by Gasteiger charge is 2.21. The Morgan fingerprint density at radius 1 is 1.12 bits per heavy atom. The first-order valence-electron chi connectivity index (χ1n) is 7.73. The van der Waals surface area contributed by atoms with Crippen LogP contribution in [0.3, 0.4) is 0 Å². The molecular formula is C19H16FN3O2. The molecule has 1 atom stereocenters. The van der Waals surface area contributed by atoms with Crippen LogP contribution in [0.25, 0.3) is 10.9 Å². The highest BCUT2D eigenvalue weighted by atomic mass is 19.1. The number of hydrogen-bond donors (Lipinski definition) is 2. The maximum absolute atomic E-state index is 13.3. The topological polar surface area (TPSA) is 85.1 Å². The molecule has 0 fully saturated rings. The molecule has 3 N–H and O–H groups in total. The molecule has 2 aromatic carbocycles. The molecule has 2 amide bonds. The number of rotatable bonds is 5. The summed E-state index contributed by atoms with van der Waals surface area (Å²) in [5, 5.41) is 3.43. The van der Waals surface area contributed by atoms with Gasteiger partial charge >= 0.3 is 0 Å². The summed E-state index contributed by atoms with van der Waals surface area (Å²) < 4.78 is 13.3. The van der Waals surface area contributed by atoms with E-state index in [-0.39, 0.29) is 6.42 Å². The lowest BCUT2D eigenvalue weighted by molar-refractivity contribution is -0.119. The number of aromatic nitrogens is 1. The highest BCUT2D eigenvalue weighted by Crippen LogP contribution is 2.16. The van der Waals surface area contributed by atoms with Crippen LogP contribution >= 0.6 is 0 Å². The molecule has 6 heteroatoms. The van der Waals surface area contributed by atoms with Gasteiger partial charge in [0.1, 0.15) is 11.9 Å². The minimum atomic E-state index is -0.951. The first-order chi connectivity index (χ1) is 12.0. The summed E-state index contributed by atoms with van der Waals surface area (Å²) in [6.45, 7) is 0. The van der Waals surface area contributed by atoms with E-state index >= 15 is 0 Å². The molecule has 25 heavy (non-hydrogen) atoms. The number of hydrogen-bond acceptors (Lipinski definition) is 3. The number of nitrogens with zero attached hydrogens (tertiary/aromatic N) is 1. The van der Waals surface area contributed by atoms with Crippen molar-refractivity contribution in [2.75, 3.05) is 0 Å². The third-order valence-electron chi connectivity index (χ3n) is 3.85. The van der Waals surface area contributed by atoms with E-state index in [4.69, 9.17) is 5.73 Å².